The van der Waals surface area contributed by atoms with Gasteiger partial charge in [0, 0.05) is 32.4 Å². The van der Waals surface area contributed by atoms with Gasteiger partial charge in [0.15, 0.2) is 5.82 Å². The number of para-hydroxylation sites is 1. The van der Waals surface area contributed by atoms with E-state index in [0.717, 1.165) is 13.1 Å². The van der Waals surface area contributed by atoms with Crippen molar-refractivity contribution >= 4 is 35.3 Å². The van der Waals surface area contributed by atoms with E-state index in [-0.39, 0.29) is 18.4 Å². The number of carbonyl (C=O) groups is 2. The van der Waals surface area contributed by atoms with Crippen molar-refractivity contribution in [2.75, 3.05) is 42.9 Å². The Hall–Kier alpha value is -3.26. The SMILES string of the molecule is N=CN1CCN(CC(=O)N2c3ccccc3C(=O)Nc3cccnc32)CC1. The Bertz CT molecular complexity index is 891. The highest BCUT2D eigenvalue weighted by Crippen LogP contribution is 2.36. The molecular weight excluding hydrogens is 344 g/mol. The number of hydrogen-bond acceptors (Lipinski definition) is 5. The minimum Gasteiger partial charge on any atom is -0.361 e. The van der Waals surface area contributed by atoms with Crippen molar-refractivity contribution in [3.63, 3.8) is 0 Å². The molecule has 0 spiro atoms. The van der Waals surface area contributed by atoms with Gasteiger partial charge in [-0.15, -0.1) is 0 Å². The van der Waals surface area contributed by atoms with Crippen LogP contribution in [-0.4, -0.2) is 65.7 Å². The van der Waals surface area contributed by atoms with Gasteiger partial charge in [0.25, 0.3) is 5.91 Å². The van der Waals surface area contributed by atoms with Crippen molar-refractivity contribution in [1.29, 1.82) is 5.41 Å². The summed E-state index contributed by atoms with van der Waals surface area (Å²) in [6.45, 7) is 3.10. The lowest BCUT2D eigenvalue weighted by atomic mass is 10.1. The number of nitrogens with one attached hydrogen (secondary N) is 2. The fraction of sp³-hybridized carbons (Fsp3) is 0.263. The Balaban J connectivity index is 1.67. The van der Waals surface area contributed by atoms with Crippen LogP contribution in [0.3, 0.4) is 0 Å². The van der Waals surface area contributed by atoms with Crippen LogP contribution in [0, 0.1) is 5.41 Å². The van der Waals surface area contributed by atoms with E-state index < -0.39 is 0 Å². The van der Waals surface area contributed by atoms with E-state index in [1.54, 1.807) is 36.5 Å². The Morgan fingerprint density at radius 3 is 2.70 bits per heavy atom. The smallest absolute Gasteiger partial charge is 0.257 e. The van der Waals surface area contributed by atoms with Crippen LogP contribution in [0.4, 0.5) is 17.2 Å². The van der Waals surface area contributed by atoms with Crippen LogP contribution in [0.1, 0.15) is 10.4 Å². The molecule has 4 rings (SSSR count). The zero-order valence-electron chi connectivity index (χ0n) is 14.8. The Morgan fingerprint density at radius 2 is 1.93 bits per heavy atom. The highest BCUT2D eigenvalue weighted by Gasteiger charge is 2.31. The maximum atomic E-state index is 13.2. The minimum absolute atomic E-state index is 0.137. The lowest BCUT2D eigenvalue weighted by molar-refractivity contribution is -0.119. The molecule has 0 radical (unpaired) electrons. The van der Waals surface area contributed by atoms with Crippen LogP contribution in [-0.2, 0) is 4.79 Å². The van der Waals surface area contributed by atoms with Gasteiger partial charge in [-0.05, 0) is 24.3 Å². The van der Waals surface area contributed by atoms with Gasteiger partial charge in [-0.25, -0.2) is 4.98 Å². The van der Waals surface area contributed by atoms with E-state index in [1.165, 1.54) is 11.2 Å². The number of pyridine rings is 1. The van der Waals surface area contributed by atoms with Crippen molar-refractivity contribution in [2.24, 2.45) is 0 Å². The van der Waals surface area contributed by atoms with Gasteiger partial charge in [0.1, 0.15) is 0 Å². The lowest BCUT2D eigenvalue weighted by Crippen LogP contribution is -2.49. The first-order chi connectivity index (χ1) is 13.2. The van der Waals surface area contributed by atoms with Gasteiger partial charge in [-0.2, -0.15) is 0 Å². The van der Waals surface area contributed by atoms with Crippen LogP contribution < -0.4 is 10.2 Å². The van der Waals surface area contributed by atoms with Crippen LogP contribution >= 0.6 is 0 Å². The van der Waals surface area contributed by atoms with Gasteiger partial charge in [-0.3, -0.25) is 24.8 Å². The van der Waals surface area contributed by atoms with Gasteiger partial charge in [0.2, 0.25) is 5.91 Å². The van der Waals surface area contributed by atoms with Gasteiger partial charge >= 0.3 is 0 Å². The maximum Gasteiger partial charge on any atom is 0.257 e. The van der Waals surface area contributed by atoms with E-state index in [2.05, 4.69) is 15.2 Å². The molecule has 27 heavy (non-hydrogen) atoms. The number of benzene rings is 1. The Kier molecular flexibility index (Phi) is 4.55. The zero-order chi connectivity index (χ0) is 18.8. The van der Waals surface area contributed by atoms with E-state index in [9.17, 15) is 9.59 Å². The zero-order valence-corrected chi connectivity index (χ0v) is 14.8. The maximum absolute atomic E-state index is 13.2. The summed E-state index contributed by atoms with van der Waals surface area (Å²) in [5.74, 6) is 0.0378. The summed E-state index contributed by atoms with van der Waals surface area (Å²) in [4.78, 5) is 35.7. The fourth-order valence-corrected chi connectivity index (χ4v) is 3.40. The van der Waals surface area contributed by atoms with E-state index in [0.29, 0.717) is 35.8 Å². The number of fused-ring (bicyclic) bond motifs is 2. The third kappa shape index (κ3) is 3.26. The molecule has 1 saturated heterocycles. The van der Waals surface area contributed by atoms with Crippen molar-refractivity contribution in [1.82, 2.24) is 14.8 Å². The number of aromatic nitrogens is 1. The molecule has 2 aliphatic heterocycles. The highest BCUT2D eigenvalue weighted by atomic mass is 16.2. The number of rotatable bonds is 3. The molecule has 0 unspecified atom stereocenters. The average Bonchev–Trinajstić information content (AvgIpc) is 2.82. The molecule has 1 aromatic heterocycles. The third-order valence-corrected chi connectivity index (χ3v) is 4.83. The molecule has 2 amide bonds. The lowest BCUT2D eigenvalue weighted by Gasteiger charge is -2.34. The van der Waals surface area contributed by atoms with Crippen molar-refractivity contribution in [3.05, 3.63) is 48.2 Å². The van der Waals surface area contributed by atoms with Crippen LogP contribution in [0.5, 0.6) is 0 Å². The fourth-order valence-electron chi connectivity index (χ4n) is 3.40. The van der Waals surface area contributed by atoms with Gasteiger partial charge < -0.3 is 10.2 Å². The van der Waals surface area contributed by atoms with E-state index in [1.807, 2.05) is 11.0 Å². The molecule has 2 aromatic rings. The monoisotopic (exact) mass is 364 g/mol. The highest BCUT2D eigenvalue weighted by molar-refractivity contribution is 6.17. The van der Waals surface area contributed by atoms with E-state index >= 15 is 0 Å². The molecule has 138 valence electrons. The van der Waals surface area contributed by atoms with Gasteiger partial charge in [-0.1, -0.05) is 12.1 Å². The molecule has 8 heteroatoms. The van der Waals surface area contributed by atoms with Crippen molar-refractivity contribution < 1.29 is 9.59 Å². The Morgan fingerprint density at radius 1 is 1.15 bits per heavy atom. The van der Waals surface area contributed by atoms with Crippen molar-refractivity contribution in [2.45, 2.75) is 0 Å². The number of piperazine rings is 1. The number of hydrogen-bond donors (Lipinski definition) is 2. The largest absolute Gasteiger partial charge is 0.361 e. The normalized spacial score (nSPS) is 16.8. The molecule has 2 aliphatic rings. The molecule has 0 aliphatic carbocycles. The molecule has 0 saturated carbocycles. The second-order valence-electron chi connectivity index (χ2n) is 6.52. The summed E-state index contributed by atoms with van der Waals surface area (Å²) in [7, 11) is 0. The summed E-state index contributed by atoms with van der Waals surface area (Å²) >= 11 is 0. The first-order valence-electron chi connectivity index (χ1n) is 8.83. The molecule has 0 atom stereocenters. The molecule has 1 fully saturated rings. The first kappa shape index (κ1) is 17.2. The predicted octanol–water partition coefficient (Wildman–Crippen LogP) is 1.54. The number of carbonyl (C=O) groups excluding carboxylic acids is 2. The topological polar surface area (TPSA) is 92.6 Å². The van der Waals surface area contributed by atoms with Crippen LogP contribution in [0.15, 0.2) is 42.6 Å². The molecule has 2 N–H and O–H groups in total. The average molecular weight is 364 g/mol. The molecule has 8 nitrogen and oxygen atoms in total. The van der Waals surface area contributed by atoms with Crippen LogP contribution in [0.2, 0.25) is 0 Å². The second kappa shape index (κ2) is 7.16. The minimum atomic E-state index is -0.255. The van der Waals surface area contributed by atoms with E-state index in [4.69, 9.17) is 5.41 Å². The first-order valence-corrected chi connectivity index (χ1v) is 8.83. The van der Waals surface area contributed by atoms with Crippen LogP contribution in [0.25, 0.3) is 0 Å². The molecular formula is C19H20N6O2. The summed E-state index contributed by atoms with van der Waals surface area (Å²) in [5, 5.41) is 10.2. The predicted molar refractivity (Wildman–Crippen MR) is 103 cm³/mol. The summed E-state index contributed by atoms with van der Waals surface area (Å²) < 4.78 is 0. The molecule has 0 bridgehead atoms. The number of anilines is 3. The Labute approximate surface area is 156 Å². The number of amides is 2. The summed E-state index contributed by atoms with van der Waals surface area (Å²) in [5.41, 5.74) is 1.49. The molecule has 1 aromatic carbocycles. The van der Waals surface area contributed by atoms with Crippen molar-refractivity contribution in [3.8, 4) is 0 Å². The summed E-state index contributed by atoms with van der Waals surface area (Å²) in [6, 6.07) is 10.5. The standard InChI is InChI=1S/C19H20N6O2/c20-13-24-10-8-23(9-11-24)12-17(26)25-16-6-2-1-4-14(16)19(27)22-15-5-3-7-21-18(15)25/h1-7,13,20H,8-12H2,(H,22,27). The third-order valence-electron chi connectivity index (χ3n) is 4.83. The summed E-state index contributed by atoms with van der Waals surface area (Å²) in [6.07, 6.45) is 2.95. The molecule has 3 heterocycles. The second-order valence-corrected chi connectivity index (χ2v) is 6.52. The quantitative estimate of drug-likeness (QED) is 0.637. The van der Waals surface area contributed by atoms with Gasteiger partial charge in [0.05, 0.1) is 29.8 Å². The number of nitrogens with zero attached hydrogens (tertiary/aromatic N) is 4.